The summed E-state index contributed by atoms with van der Waals surface area (Å²) >= 11 is 0. The molecule has 3 nitrogen and oxygen atoms in total. The van der Waals surface area contributed by atoms with Crippen LogP contribution in [0.3, 0.4) is 0 Å². The lowest BCUT2D eigenvalue weighted by Gasteiger charge is -2.39. The second kappa shape index (κ2) is 4.67. The zero-order chi connectivity index (χ0) is 12.5. The van der Waals surface area contributed by atoms with Crippen LogP contribution in [0.15, 0.2) is 18.2 Å². The Labute approximate surface area is 102 Å². The molecule has 0 spiro atoms. The lowest BCUT2D eigenvalue weighted by molar-refractivity contribution is 0.0719. The van der Waals surface area contributed by atoms with E-state index in [9.17, 15) is 10.2 Å². The van der Waals surface area contributed by atoms with Gasteiger partial charge < -0.3 is 14.9 Å². The zero-order valence-electron chi connectivity index (χ0n) is 10.4. The van der Waals surface area contributed by atoms with E-state index in [-0.39, 0.29) is 23.9 Å². The first-order valence-electron chi connectivity index (χ1n) is 6.08. The van der Waals surface area contributed by atoms with Crippen molar-refractivity contribution < 1.29 is 14.9 Å². The van der Waals surface area contributed by atoms with Gasteiger partial charge in [0.2, 0.25) is 0 Å². The maximum absolute atomic E-state index is 9.60. The van der Waals surface area contributed by atoms with Gasteiger partial charge in [-0.3, -0.25) is 0 Å². The Hall–Kier alpha value is -1.06. The van der Waals surface area contributed by atoms with Crippen LogP contribution in [0.5, 0.6) is 5.75 Å². The molecular weight excluding hydrogens is 216 g/mol. The average molecular weight is 236 g/mol. The molecule has 0 amide bonds. The topological polar surface area (TPSA) is 49.7 Å². The van der Waals surface area contributed by atoms with Crippen LogP contribution in [0.25, 0.3) is 0 Å². The molecule has 0 aromatic heterocycles. The van der Waals surface area contributed by atoms with Gasteiger partial charge in [0.25, 0.3) is 0 Å². The van der Waals surface area contributed by atoms with Gasteiger partial charge in [-0.15, -0.1) is 0 Å². The Morgan fingerprint density at radius 2 is 2.24 bits per heavy atom. The summed E-state index contributed by atoms with van der Waals surface area (Å²) in [7, 11) is 1.70. The third kappa shape index (κ3) is 2.17. The Morgan fingerprint density at radius 1 is 1.47 bits per heavy atom. The first kappa shape index (κ1) is 12.4. The van der Waals surface area contributed by atoms with Gasteiger partial charge >= 0.3 is 0 Å². The first-order chi connectivity index (χ1) is 8.10. The van der Waals surface area contributed by atoms with E-state index in [1.807, 2.05) is 6.07 Å². The van der Waals surface area contributed by atoms with Crippen molar-refractivity contribution >= 4 is 0 Å². The summed E-state index contributed by atoms with van der Waals surface area (Å²) in [4.78, 5) is 0. The number of methoxy groups -OCH3 is 1. The fraction of sp³-hybridized carbons (Fsp3) is 0.571. The molecular formula is C14H20O3. The number of aliphatic hydroxyl groups is 1. The summed E-state index contributed by atoms with van der Waals surface area (Å²) in [5, 5.41) is 18.8. The molecule has 1 aliphatic carbocycles. The molecule has 0 heterocycles. The number of rotatable bonds is 3. The summed E-state index contributed by atoms with van der Waals surface area (Å²) in [5.74, 6) is 0.277. The number of aliphatic hydroxyl groups excluding tert-OH is 1. The van der Waals surface area contributed by atoms with Gasteiger partial charge in [0, 0.05) is 13.7 Å². The van der Waals surface area contributed by atoms with Crippen LogP contribution in [0.2, 0.25) is 0 Å². The molecule has 1 aromatic rings. The van der Waals surface area contributed by atoms with Crippen molar-refractivity contribution in [2.45, 2.75) is 37.7 Å². The number of phenolic OH excluding ortho intramolecular Hbond substituents is 1. The number of ether oxygens (including phenoxy) is 1. The maximum atomic E-state index is 9.60. The molecule has 94 valence electrons. The first-order valence-corrected chi connectivity index (χ1v) is 6.08. The summed E-state index contributed by atoms with van der Waals surface area (Å²) in [5.41, 5.74) is 2.25. The Balaban J connectivity index is 2.47. The highest BCUT2D eigenvalue weighted by Crippen LogP contribution is 2.45. The van der Waals surface area contributed by atoms with Crippen LogP contribution in [-0.2, 0) is 10.2 Å². The van der Waals surface area contributed by atoms with Gasteiger partial charge in [-0.25, -0.2) is 0 Å². The predicted molar refractivity (Wildman–Crippen MR) is 66.1 cm³/mol. The van der Waals surface area contributed by atoms with Crippen molar-refractivity contribution in [1.82, 2.24) is 0 Å². The molecule has 0 saturated heterocycles. The fourth-order valence-corrected chi connectivity index (χ4v) is 2.86. The molecule has 2 atom stereocenters. The molecule has 0 unspecified atom stereocenters. The van der Waals surface area contributed by atoms with E-state index in [0.29, 0.717) is 0 Å². The summed E-state index contributed by atoms with van der Waals surface area (Å²) in [6.45, 7) is 2.36. The molecule has 2 N–H and O–H groups in total. The highest BCUT2D eigenvalue weighted by Gasteiger charge is 2.35. The monoisotopic (exact) mass is 236 g/mol. The number of fused-ring (bicyclic) bond motifs is 1. The standard InChI is InChI=1S/C14H20O3/c1-14(7-8-15)6-5-13(17-2)11-9-10(16)3-4-12(11)14/h3-4,9,13,15-16H,5-8H2,1-2H3/t13-,14-/m1/s1. The molecule has 0 radical (unpaired) electrons. The smallest absolute Gasteiger partial charge is 0.115 e. The summed E-state index contributed by atoms with van der Waals surface area (Å²) in [6, 6.07) is 5.47. The minimum absolute atomic E-state index is 0.00713. The minimum Gasteiger partial charge on any atom is -0.508 e. The van der Waals surface area contributed by atoms with Crippen LogP contribution < -0.4 is 0 Å². The third-order valence-corrected chi connectivity index (χ3v) is 3.94. The number of hydrogen-bond acceptors (Lipinski definition) is 3. The van der Waals surface area contributed by atoms with Gasteiger partial charge in [-0.05, 0) is 47.9 Å². The molecule has 0 aliphatic heterocycles. The van der Waals surface area contributed by atoms with Gasteiger partial charge in [0.05, 0.1) is 6.10 Å². The van der Waals surface area contributed by atoms with Gasteiger partial charge in [0.15, 0.2) is 0 Å². The van der Waals surface area contributed by atoms with E-state index < -0.39 is 0 Å². The van der Waals surface area contributed by atoms with Crippen LogP contribution in [0, 0.1) is 0 Å². The van der Waals surface area contributed by atoms with Crippen molar-refractivity contribution in [2.75, 3.05) is 13.7 Å². The zero-order valence-corrected chi connectivity index (χ0v) is 10.4. The van der Waals surface area contributed by atoms with E-state index in [0.717, 1.165) is 24.8 Å². The van der Waals surface area contributed by atoms with Gasteiger partial charge in [0.1, 0.15) is 5.75 Å². The quantitative estimate of drug-likeness (QED) is 0.847. The largest absolute Gasteiger partial charge is 0.508 e. The second-order valence-corrected chi connectivity index (χ2v) is 5.07. The van der Waals surface area contributed by atoms with Crippen LogP contribution in [0.1, 0.15) is 43.4 Å². The molecule has 2 rings (SSSR count). The molecule has 1 aromatic carbocycles. The van der Waals surface area contributed by atoms with E-state index in [4.69, 9.17) is 4.74 Å². The van der Waals surface area contributed by atoms with Crippen LogP contribution in [0.4, 0.5) is 0 Å². The third-order valence-electron chi connectivity index (χ3n) is 3.94. The van der Waals surface area contributed by atoms with Gasteiger partial charge in [-0.2, -0.15) is 0 Å². The number of phenols is 1. The molecule has 17 heavy (non-hydrogen) atoms. The van der Waals surface area contributed by atoms with Crippen LogP contribution in [-0.4, -0.2) is 23.9 Å². The minimum atomic E-state index is -0.00713. The number of aromatic hydroxyl groups is 1. The summed E-state index contributed by atoms with van der Waals surface area (Å²) in [6.07, 6.45) is 2.75. The molecule has 0 bridgehead atoms. The Morgan fingerprint density at radius 3 is 2.88 bits per heavy atom. The highest BCUT2D eigenvalue weighted by atomic mass is 16.5. The maximum Gasteiger partial charge on any atom is 0.115 e. The number of hydrogen-bond donors (Lipinski definition) is 2. The van der Waals surface area contributed by atoms with Gasteiger partial charge in [-0.1, -0.05) is 13.0 Å². The molecule has 3 heteroatoms. The predicted octanol–water partition coefficient (Wildman–Crippen LogP) is 2.51. The van der Waals surface area contributed by atoms with Crippen LogP contribution >= 0.6 is 0 Å². The SMILES string of the molecule is CO[C@@H]1CC[C@](C)(CCO)c2ccc(O)cc21. The van der Waals surface area contributed by atoms with E-state index in [1.54, 1.807) is 19.2 Å². The van der Waals surface area contributed by atoms with Crippen molar-refractivity contribution in [3.05, 3.63) is 29.3 Å². The molecule has 0 saturated carbocycles. The van der Waals surface area contributed by atoms with Crippen molar-refractivity contribution in [3.8, 4) is 5.75 Å². The normalized spacial score (nSPS) is 27.8. The van der Waals surface area contributed by atoms with E-state index in [1.165, 1.54) is 5.56 Å². The second-order valence-electron chi connectivity index (χ2n) is 5.07. The molecule has 1 aliphatic rings. The van der Waals surface area contributed by atoms with E-state index in [2.05, 4.69) is 6.92 Å². The highest BCUT2D eigenvalue weighted by molar-refractivity contribution is 5.42. The van der Waals surface area contributed by atoms with Crippen molar-refractivity contribution in [2.24, 2.45) is 0 Å². The Kier molecular flexibility index (Phi) is 3.40. The number of benzene rings is 1. The van der Waals surface area contributed by atoms with Crippen molar-refractivity contribution in [3.63, 3.8) is 0 Å². The lowest BCUT2D eigenvalue weighted by atomic mass is 9.68. The molecule has 0 fully saturated rings. The fourth-order valence-electron chi connectivity index (χ4n) is 2.86. The van der Waals surface area contributed by atoms with Crippen molar-refractivity contribution in [1.29, 1.82) is 0 Å². The Bertz CT molecular complexity index is 402. The lowest BCUT2D eigenvalue weighted by Crippen LogP contribution is -2.30. The summed E-state index contributed by atoms with van der Waals surface area (Å²) < 4.78 is 5.47. The average Bonchev–Trinajstić information content (AvgIpc) is 2.29. The van der Waals surface area contributed by atoms with E-state index >= 15 is 0 Å².